The summed E-state index contributed by atoms with van der Waals surface area (Å²) in [6.07, 6.45) is -4.73. The minimum Gasteiger partial charge on any atom is -0.402 e. The third kappa shape index (κ3) is 5.17. The van der Waals surface area contributed by atoms with E-state index in [1.807, 2.05) is 54.6 Å². The minimum absolute atomic E-state index is 0.0886. The van der Waals surface area contributed by atoms with E-state index in [1.165, 1.54) is 0 Å². The Morgan fingerprint density at radius 1 is 0.975 bits per heavy atom. The number of anilines is 2. The van der Waals surface area contributed by atoms with Gasteiger partial charge in [-0.15, -0.1) is 5.10 Å². The number of aromatic nitrogens is 3. The molecule has 12 heteroatoms. The Balaban J connectivity index is 1.34. The molecule has 0 radical (unpaired) electrons. The number of aliphatic imine (C=N–C) groups is 1. The molecule has 40 heavy (non-hydrogen) atoms. The molecule has 0 unspecified atom stereocenters. The molecule has 1 fully saturated rings. The topological polar surface area (TPSA) is 106 Å². The van der Waals surface area contributed by atoms with Gasteiger partial charge < -0.3 is 19.4 Å². The van der Waals surface area contributed by atoms with Gasteiger partial charge in [-0.2, -0.15) is 13.2 Å². The number of carbonyl (C=O) groups is 1. The number of hydrogen-bond acceptors (Lipinski definition) is 9. The number of carbonyl (C=O) groups excluding carboxylic acids is 1. The number of benzene rings is 2. The Labute approximate surface area is 226 Å². The standard InChI is InChI=1S/C28H23F3N6O3/c29-28(30,31)19-15-21(37-10-12-39-13-11-37)24(32-16-19)26-35-36-27(40-26)34-25-22(38)14-18-8-4-5-9-20(18)23(33-25)17-6-2-1-3-7-17/h1-9,15-16,25H,10-14H2,(H,34,36)/t25-/m1/s1. The number of ether oxygens (including phenoxy) is 1. The van der Waals surface area contributed by atoms with Crippen LogP contribution in [0, 0.1) is 0 Å². The van der Waals surface area contributed by atoms with Gasteiger partial charge in [0.15, 0.2) is 17.6 Å². The van der Waals surface area contributed by atoms with Crippen molar-refractivity contribution in [3.05, 3.63) is 89.1 Å². The van der Waals surface area contributed by atoms with E-state index < -0.39 is 17.9 Å². The first-order valence-electron chi connectivity index (χ1n) is 12.6. The summed E-state index contributed by atoms with van der Waals surface area (Å²) in [6.45, 7) is 1.48. The van der Waals surface area contributed by atoms with Crippen LogP contribution in [0.3, 0.4) is 0 Å². The second-order valence-electron chi connectivity index (χ2n) is 9.29. The number of Topliss-reactive ketones (excluding diaryl/α,β-unsaturated/α-hetero) is 1. The largest absolute Gasteiger partial charge is 0.417 e. The molecule has 4 heterocycles. The third-order valence-corrected chi connectivity index (χ3v) is 6.68. The van der Waals surface area contributed by atoms with E-state index in [-0.39, 0.29) is 35.5 Å². The molecule has 2 aromatic carbocycles. The number of morpholine rings is 1. The van der Waals surface area contributed by atoms with Crippen LogP contribution in [0.2, 0.25) is 0 Å². The Morgan fingerprint density at radius 3 is 2.50 bits per heavy atom. The van der Waals surface area contributed by atoms with Crippen LogP contribution in [0.15, 0.2) is 76.3 Å². The summed E-state index contributed by atoms with van der Waals surface area (Å²) >= 11 is 0. The number of ketones is 1. The Kier molecular flexibility index (Phi) is 6.76. The Morgan fingerprint density at radius 2 is 1.73 bits per heavy atom. The number of nitrogens with zero attached hydrogens (tertiary/aromatic N) is 5. The highest BCUT2D eigenvalue weighted by Crippen LogP contribution is 2.36. The molecule has 4 aromatic rings. The van der Waals surface area contributed by atoms with Crippen LogP contribution in [-0.4, -0.2) is 59.1 Å². The third-order valence-electron chi connectivity index (χ3n) is 6.68. The average molecular weight is 549 g/mol. The number of alkyl halides is 3. The molecular weight excluding hydrogens is 525 g/mol. The minimum atomic E-state index is -4.57. The highest BCUT2D eigenvalue weighted by Gasteiger charge is 2.34. The summed E-state index contributed by atoms with van der Waals surface area (Å²) in [5.41, 5.74) is 2.59. The van der Waals surface area contributed by atoms with Gasteiger partial charge in [0, 0.05) is 36.8 Å². The van der Waals surface area contributed by atoms with Crippen LogP contribution in [0.5, 0.6) is 0 Å². The van der Waals surface area contributed by atoms with Gasteiger partial charge in [-0.05, 0) is 11.6 Å². The van der Waals surface area contributed by atoms with Crippen molar-refractivity contribution in [2.75, 3.05) is 36.5 Å². The monoisotopic (exact) mass is 548 g/mol. The van der Waals surface area contributed by atoms with Gasteiger partial charge in [-0.25, -0.2) is 4.98 Å². The maximum atomic E-state index is 13.5. The molecule has 0 aliphatic carbocycles. The summed E-state index contributed by atoms with van der Waals surface area (Å²) < 4.78 is 51.5. The van der Waals surface area contributed by atoms with Crippen LogP contribution < -0.4 is 10.2 Å². The zero-order valence-corrected chi connectivity index (χ0v) is 21.1. The maximum Gasteiger partial charge on any atom is 0.417 e. The molecule has 2 aliphatic heterocycles. The molecular formula is C28H23F3N6O3. The summed E-state index contributed by atoms with van der Waals surface area (Å²) in [5.74, 6) is -0.297. The van der Waals surface area contributed by atoms with Crippen molar-refractivity contribution in [3.63, 3.8) is 0 Å². The first kappa shape index (κ1) is 25.7. The second kappa shape index (κ2) is 10.5. The van der Waals surface area contributed by atoms with Crippen molar-refractivity contribution in [3.8, 4) is 11.6 Å². The lowest BCUT2D eigenvalue weighted by Gasteiger charge is -2.30. The Hall–Kier alpha value is -4.58. The van der Waals surface area contributed by atoms with Crippen molar-refractivity contribution in [1.29, 1.82) is 0 Å². The number of pyridine rings is 1. The smallest absolute Gasteiger partial charge is 0.402 e. The van der Waals surface area contributed by atoms with Gasteiger partial charge in [-0.1, -0.05) is 59.7 Å². The van der Waals surface area contributed by atoms with Crippen molar-refractivity contribution in [1.82, 2.24) is 15.2 Å². The second-order valence-corrected chi connectivity index (χ2v) is 9.29. The van der Waals surface area contributed by atoms with E-state index in [0.29, 0.717) is 32.0 Å². The predicted octanol–water partition coefficient (Wildman–Crippen LogP) is 4.39. The summed E-state index contributed by atoms with van der Waals surface area (Å²) in [5, 5.41) is 10.9. The van der Waals surface area contributed by atoms with Crippen LogP contribution >= 0.6 is 0 Å². The van der Waals surface area contributed by atoms with Gasteiger partial charge in [-0.3, -0.25) is 9.79 Å². The van der Waals surface area contributed by atoms with Gasteiger partial charge in [0.2, 0.25) is 0 Å². The molecule has 1 atom stereocenters. The molecule has 2 aromatic heterocycles. The van der Waals surface area contributed by atoms with Crippen molar-refractivity contribution in [2.45, 2.75) is 18.8 Å². The summed E-state index contributed by atoms with van der Waals surface area (Å²) in [7, 11) is 0. The average Bonchev–Trinajstić information content (AvgIpc) is 3.38. The van der Waals surface area contributed by atoms with Gasteiger partial charge in [0.05, 0.1) is 30.2 Å². The molecule has 2 aliphatic rings. The molecule has 0 amide bonds. The molecule has 1 saturated heterocycles. The predicted molar refractivity (Wildman–Crippen MR) is 140 cm³/mol. The highest BCUT2D eigenvalue weighted by molar-refractivity contribution is 6.16. The van der Waals surface area contributed by atoms with E-state index in [2.05, 4.69) is 20.5 Å². The fourth-order valence-electron chi connectivity index (χ4n) is 4.71. The first-order valence-corrected chi connectivity index (χ1v) is 12.6. The molecule has 0 bridgehead atoms. The number of nitrogens with one attached hydrogen (secondary N) is 1. The zero-order chi connectivity index (χ0) is 27.7. The molecule has 204 valence electrons. The quantitative estimate of drug-likeness (QED) is 0.392. The van der Waals surface area contributed by atoms with Crippen molar-refractivity contribution < 1.29 is 27.1 Å². The Bertz CT molecular complexity index is 1570. The normalized spacial score (nSPS) is 17.7. The number of halogens is 3. The SMILES string of the molecule is O=C1Cc2ccccc2C(c2ccccc2)=N[C@@H]1Nc1nnc(-c2ncc(C(F)(F)F)cc2N2CCOCC2)o1. The van der Waals surface area contributed by atoms with Gasteiger partial charge in [0.25, 0.3) is 5.89 Å². The fraction of sp³-hybridized carbons (Fsp3) is 0.250. The van der Waals surface area contributed by atoms with E-state index in [1.54, 1.807) is 4.90 Å². The van der Waals surface area contributed by atoms with Crippen LogP contribution in [-0.2, 0) is 22.1 Å². The van der Waals surface area contributed by atoms with Gasteiger partial charge >= 0.3 is 12.2 Å². The van der Waals surface area contributed by atoms with Crippen LogP contribution in [0.1, 0.15) is 22.3 Å². The van der Waals surface area contributed by atoms with E-state index in [0.717, 1.165) is 29.0 Å². The van der Waals surface area contributed by atoms with E-state index in [4.69, 9.17) is 14.1 Å². The van der Waals surface area contributed by atoms with Crippen molar-refractivity contribution in [2.24, 2.45) is 4.99 Å². The zero-order valence-electron chi connectivity index (χ0n) is 21.1. The van der Waals surface area contributed by atoms with Crippen LogP contribution in [0.4, 0.5) is 24.9 Å². The summed E-state index contributed by atoms with van der Waals surface area (Å²) in [6, 6.07) is 18.0. The number of rotatable bonds is 5. The number of fused-ring (bicyclic) bond motifs is 1. The van der Waals surface area contributed by atoms with E-state index >= 15 is 0 Å². The van der Waals surface area contributed by atoms with E-state index in [9.17, 15) is 18.0 Å². The van der Waals surface area contributed by atoms with Crippen molar-refractivity contribution >= 4 is 23.2 Å². The lowest BCUT2D eigenvalue weighted by atomic mass is 9.96. The summed E-state index contributed by atoms with van der Waals surface area (Å²) in [4.78, 5) is 23.7. The number of hydrogen-bond donors (Lipinski definition) is 1. The first-order chi connectivity index (χ1) is 19.4. The lowest BCUT2D eigenvalue weighted by molar-refractivity contribution is -0.137. The maximum absolute atomic E-state index is 13.5. The van der Waals surface area contributed by atoms with Gasteiger partial charge in [0.1, 0.15) is 0 Å². The molecule has 0 spiro atoms. The molecule has 0 saturated carbocycles. The molecule has 9 nitrogen and oxygen atoms in total. The highest BCUT2D eigenvalue weighted by atomic mass is 19.4. The molecule has 6 rings (SSSR count). The fourth-order valence-corrected chi connectivity index (χ4v) is 4.71. The molecule has 1 N–H and O–H groups in total. The lowest BCUT2D eigenvalue weighted by Crippen LogP contribution is -2.36. The van der Waals surface area contributed by atoms with Crippen LogP contribution in [0.25, 0.3) is 11.6 Å².